The number of hydrogen-bond donors (Lipinski definition) is 1. The smallest absolute Gasteiger partial charge is 0.410 e. The maximum absolute atomic E-state index is 13.6. The van der Waals surface area contributed by atoms with Crippen LogP contribution in [0.5, 0.6) is 0 Å². The van der Waals surface area contributed by atoms with Gasteiger partial charge >= 0.3 is 6.09 Å². The molecule has 7 heteroatoms. The Hall–Kier alpha value is -2.93. The third kappa shape index (κ3) is 4.22. The summed E-state index contributed by atoms with van der Waals surface area (Å²) in [5.41, 5.74) is 3.49. The molecule has 1 N–H and O–H groups in total. The largest absolute Gasteiger partial charge is 0.449 e. The van der Waals surface area contributed by atoms with Crippen LogP contribution in [0.3, 0.4) is 0 Å². The summed E-state index contributed by atoms with van der Waals surface area (Å²) in [5.74, 6) is -0.461. The Morgan fingerprint density at radius 2 is 1.76 bits per heavy atom. The monoisotopic (exact) mass is 451 g/mol. The van der Waals surface area contributed by atoms with E-state index in [9.17, 15) is 14.0 Å². The van der Waals surface area contributed by atoms with Crippen molar-refractivity contribution in [2.24, 2.45) is 5.41 Å². The van der Waals surface area contributed by atoms with Crippen molar-refractivity contribution in [3.63, 3.8) is 0 Å². The minimum atomic E-state index is -0.383. The van der Waals surface area contributed by atoms with Gasteiger partial charge in [-0.1, -0.05) is 18.2 Å². The lowest BCUT2D eigenvalue weighted by atomic mass is 9.73. The van der Waals surface area contributed by atoms with Gasteiger partial charge in [0.15, 0.2) is 0 Å². The summed E-state index contributed by atoms with van der Waals surface area (Å²) in [5, 5.41) is 2.66. The van der Waals surface area contributed by atoms with E-state index in [1.165, 1.54) is 12.1 Å². The fourth-order valence-corrected chi connectivity index (χ4v) is 5.52. The van der Waals surface area contributed by atoms with Gasteiger partial charge in [0, 0.05) is 24.6 Å². The summed E-state index contributed by atoms with van der Waals surface area (Å²) in [7, 11) is 1.61. The Balaban J connectivity index is 1.41. The highest BCUT2D eigenvalue weighted by atomic mass is 19.1. The SMILES string of the molecule is CNC(=O)c1ccc2c(c1)CCN(C(=O)OCC13CCN(CC1)CC3)[C@H]2c1ccc(F)cc1. The van der Waals surface area contributed by atoms with Crippen LogP contribution in [-0.2, 0) is 11.2 Å². The minimum Gasteiger partial charge on any atom is -0.449 e. The number of nitrogens with zero attached hydrogens (tertiary/aromatic N) is 2. The van der Waals surface area contributed by atoms with Crippen LogP contribution in [0.25, 0.3) is 0 Å². The van der Waals surface area contributed by atoms with Gasteiger partial charge in [0.25, 0.3) is 5.91 Å². The number of piperidine rings is 3. The lowest BCUT2D eigenvalue weighted by molar-refractivity contribution is -0.0300. The highest BCUT2D eigenvalue weighted by Gasteiger charge is 2.41. The molecule has 0 spiro atoms. The summed E-state index contributed by atoms with van der Waals surface area (Å²) in [4.78, 5) is 29.7. The number of hydrogen-bond acceptors (Lipinski definition) is 4. The second-order valence-corrected chi connectivity index (χ2v) is 9.54. The predicted molar refractivity (Wildman–Crippen MR) is 123 cm³/mol. The molecule has 1 atom stereocenters. The van der Waals surface area contributed by atoms with Gasteiger partial charge in [0.2, 0.25) is 0 Å². The first kappa shape index (κ1) is 21.9. The molecule has 0 radical (unpaired) electrons. The fourth-order valence-electron chi connectivity index (χ4n) is 5.52. The van der Waals surface area contributed by atoms with E-state index >= 15 is 0 Å². The molecule has 2 amide bonds. The zero-order valence-corrected chi connectivity index (χ0v) is 19.0. The van der Waals surface area contributed by atoms with Gasteiger partial charge in [-0.25, -0.2) is 9.18 Å². The van der Waals surface area contributed by atoms with E-state index in [0.717, 1.165) is 55.6 Å². The van der Waals surface area contributed by atoms with Crippen LogP contribution in [0.4, 0.5) is 9.18 Å². The standard InChI is InChI=1S/C26H30FN3O3/c1-28-24(31)20-4-7-22-19(16-20)8-12-30(23(22)18-2-5-21(27)6-3-18)25(32)33-17-26-9-13-29(14-10-26)15-11-26/h2-7,16,23H,8-15,17H2,1H3,(H,28,31)/t23-/m0/s1. The Morgan fingerprint density at radius 3 is 2.42 bits per heavy atom. The highest BCUT2D eigenvalue weighted by molar-refractivity contribution is 5.94. The summed E-state index contributed by atoms with van der Waals surface area (Å²) < 4.78 is 19.6. The zero-order valence-electron chi connectivity index (χ0n) is 19.0. The summed E-state index contributed by atoms with van der Waals surface area (Å²) in [6, 6.07) is 11.5. The third-order valence-electron chi connectivity index (χ3n) is 7.66. The molecule has 0 aromatic heterocycles. The Bertz CT molecular complexity index is 1030. The van der Waals surface area contributed by atoms with E-state index in [0.29, 0.717) is 25.1 Å². The number of ether oxygens (including phenoxy) is 1. The molecule has 4 aliphatic heterocycles. The number of carbonyl (C=O) groups is 2. The molecule has 0 saturated carbocycles. The highest BCUT2D eigenvalue weighted by Crippen LogP contribution is 2.41. The van der Waals surface area contributed by atoms with E-state index in [-0.39, 0.29) is 29.3 Å². The van der Waals surface area contributed by atoms with Gasteiger partial charge in [-0.2, -0.15) is 0 Å². The molecule has 3 saturated heterocycles. The number of amides is 2. The summed E-state index contributed by atoms with van der Waals surface area (Å²) in [6.07, 6.45) is 3.53. The van der Waals surface area contributed by atoms with Crippen molar-refractivity contribution in [2.45, 2.75) is 31.7 Å². The Kier molecular flexibility index (Phi) is 5.83. The molecular weight excluding hydrogens is 421 g/mol. The maximum Gasteiger partial charge on any atom is 0.410 e. The molecule has 6 rings (SSSR count). The molecule has 33 heavy (non-hydrogen) atoms. The first-order valence-corrected chi connectivity index (χ1v) is 11.7. The zero-order chi connectivity index (χ0) is 23.0. The van der Waals surface area contributed by atoms with E-state index in [1.807, 2.05) is 12.1 Å². The number of rotatable bonds is 4. The molecule has 2 aromatic rings. The second kappa shape index (κ2) is 8.78. The molecule has 4 aliphatic rings. The predicted octanol–water partition coefficient (Wildman–Crippen LogP) is 3.76. The van der Waals surface area contributed by atoms with Gasteiger partial charge < -0.3 is 15.0 Å². The van der Waals surface area contributed by atoms with Gasteiger partial charge in [-0.05, 0) is 86.3 Å². The van der Waals surface area contributed by atoms with Crippen LogP contribution in [0.1, 0.15) is 52.4 Å². The first-order chi connectivity index (χ1) is 16.0. The van der Waals surface area contributed by atoms with Crippen LogP contribution in [-0.4, -0.2) is 61.6 Å². The average Bonchev–Trinajstić information content (AvgIpc) is 2.87. The summed E-state index contributed by atoms with van der Waals surface area (Å²) >= 11 is 0. The summed E-state index contributed by atoms with van der Waals surface area (Å²) in [6.45, 7) is 4.18. The van der Waals surface area contributed by atoms with Crippen molar-refractivity contribution < 1.29 is 18.7 Å². The van der Waals surface area contributed by atoms with Crippen molar-refractivity contribution in [2.75, 3.05) is 39.8 Å². The number of halogens is 1. The number of carbonyl (C=O) groups excluding carboxylic acids is 2. The first-order valence-electron chi connectivity index (χ1n) is 11.7. The van der Waals surface area contributed by atoms with E-state index in [1.54, 1.807) is 30.1 Å². The Labute approximate surface area is 193 Å². The lowest BCUT2D eigenvalue weighted by Gasteiger charge is -2.48. The Morgan fingerprint density at radius 1 is 1.06 bits per heavy atom. The van der Waals surface area contributed by atoms with Crippen molar-refractivity contribution in [3.05, 3.63) is 70.5 Å². The van der Waals surface area contributed by atoms with Gasteiger partial charge in [0.05, 0.1) is 12.6 Å². The van der Waals surface area contributed by atoms with Gasteiger partial charge in [-0.3, -0.25) is 9.69 Å². The maximum atomic E-state index is 13.6. The normalized spacial score (nSPS) is 25.9. The average molecular weight is 452 g/mol. The van der Waals surface area contributed by atoms with Crippen LogP contribution in [0.2, 0.25) is 0 Å². The molecule has 6 nitrogen and oxygen atoms in total. The topological polar surface area (TPSA) is 61.9 Å². The minimum absolute atomic E-state index is 0.103. The van der Waals surface area contributed by atoms with Crippen LogP contribution in [0.15, 0.2) is 42.5 Å². The fraction of sp³-hybridized carbons (Fsp3) is 0.462. The molecule has 2 aromatic carbocycles. The van der Waals surface area contributed by atoms with Gasteiger partial charge in [-0.15, -0.1) is 0 Å². The van der Waals surface area contributed by atoms with Crippen molar-refractivity contribution in [3.8, 4) is 0 Å². The van der Waals surface area contributed by atoms with Crippen molar-refractivity contribution in [1.82, 2.24) is 15.1 Å². The number of benzene rings is 2. The molecule has 2 bridgehead atoms. The molecule has 0 unspecified atom stereocenters. The van der Waals surface area contributed by atoms with E-state index in [2.05, 4.69) is 10.2 Å². The molecule has 174 valence electrons. The number of fused-ring (bicyclic) bond motifs is 4. The van der Waals surface area contributed by atoms with E-state index < -0.39 is 0 Å². The number of nitrogens with one attached hydrogen (secondary N) is 1. The molecule has 3 fully saturated rings. The molecule has 0 aliphatic carbocycles. The third-order valence-corrected chi connectivity index (χ3v) is 7.66. The van der Waals surface area contributed by atoms with Crippen molar-refractivity contribution in [1.29, 1.82) is 0 Å². The van der Waals surface area contributed by atoms with E-state index in [4.69, 9.17) is 4.74 Å². The van der Waals surface area contributed by atoms with Crippen LogP contribution >= 0.6 is 0 Å². The second-order valence-electron chi connectivity index (χ2n) is 9.54. The van der Waals surface area contributed by atoms with Crippen LogP contribution in [0, 0.1) is 11.2 Å². The molecule has 4 heterocycles. The molecular formula is C26H30FN3O3. The van der Waals surface area contributed by atoms with Gasteiger partial charge in [0.1, 0.15) is 5.82 Å². The quantitative estimate of drug-likeness (QED) is 0.769. The lowest BCUT2D eigenvalue weighted by Crippen LogP contribution is -2.51. The van der Waals surface area contributed by atoms with Crippen molar-refractivity contribution >= 4 is 12.0 Å². The van der Waals surface area contributed by atoms with Crippen LogP contribution < -0.4 is 5.32 Å².